The molecule has 1 aromatic carbocycles. The quantitative estimate of drug-likeness (QED) is 0.379. The second-order valence-electron chi connectivity index (χ2n) is 6.73. The van der Waals surface area contributed by atoms with Crippen molar-refractivity contribution in [3.05, 3.63) is 69.7 Å². The number of nitrogens with zero attached hydrogens (tertiary/aromatic N) is 5. The maximum Gasteiger partial charge on any atom is 0.282 e. The van der Waals surface area contributed by atoms with E-state index in [1.807, 2.05) is 18.2 Å². The van der Waals surface area contributed by atoms with Gasteiger partial charge in [0.05, 0.1) is 11.8 Å². The Labute approximate surface area is 179 Å². The number of fused-ring (bicyclic) bond motifs is 2. The van der Waals surface area contributed by atoms with Crippen molar-refractivity contribution in [1.82, 2.24) is 24.5 Å². The predicted molar refractivity (Wildman–Crippen MR) is 116 cm³/mol. The van der Waals surface area contributed by atoms with Crippen molar-refractivity contribution in [2.45, 2.75) is 24.0 Å². The van der Waals surface area contributed by atoms with Gasteiger partial charge >= 0.3 is 0 Å². The largest absolute Gasteiger partial charge is 0.301 e. The molecule has 1 N–H and O–H groups in total. The number of rotatable bonds is 5. The van der Waals surface area contributed by atoms with Crippen LogP contribution in [0.15, 0.2) is 58.2 Å². The van der Waals surface area contributed by atoms with E-state index in [-0.39, 0.29) is 34.4 Å². The molecule has 4 aromatic rings. The van der Waals surface area contributed by atoms with E-state index in [4.69, 9.17) is 0 Å². The molecule has 0 spiro atoms. The van der Waals surface area contributed by atoms with Gasteiger partial charge in [0.25, 0.3) is 5.56 Å². The zero-order valence-electron chi connectivity index (χ0n) is 15.7. The number of anilines is 1. The molecule has 150 valence electrons. The Hall–Kier alpha value is -3.11. The highest BCUT2D eigenvalue weighted by atomic mass is 32.2. The van der Waals surface area contributed by atoms with Crippen molar-refractivity contribution in [1.29, 1.82) is 0 Å². The van der Waals surface area contributed by atoms with Crippen molar-refractivity contribution in [2.24, 2.45) is 0 Å². The molecule has 0 saturated carbocycles. The van der Waals surface area contributed by atoms with Crippen LogP contribution in [0, 0.1) is 0 Å². The van der Waals surface area contributed by atoms with Crippen molar-refractivity contribution in [2.75, 3.05) is 11.1 Å². The Morgan fingerprint density at radius 3 is 2.93 bits per heavy atom. The lowest BCUT2D eigenvalue weighted by molar-refractivity contribution is -0.113. The summed E-state index contributed by atoms with van der Waals surface area (Å²) >= 11 is 2.57. The molecule has 1 unspecified atom stereocenters. The molecule has 1 amide bonds. The Bertz CT molecular complexity index is 1290. The van der Waals surface area contributed by atoms with Gasteiger partial charge in [-0.3, -0.25) is 14.2 Å². The normalized spacial score (nSPS) is 15.3. The smallest absolute Gasteiger partial charge is 0.282 e. The third kappa shape index (κ3) is 3.48. The van der Waals surface area contributed by atoms with Crippen LogP contribution in [0.25, 0.3) is 11.2 Å². The second kappa shape index (κ2) is 7.96. The van der Waals surface area contributed by atoms with Crippen LogP contribution in [-0.2, 0) is 11.2 Å². The summed E-state index contributed by atoms with van der Waals surface area (Å²) in [6, 6.07) is 7.97. The first-order valence-corrected chi connectivity index (χ1v) is 11.2. The van der Waals surface area contributed by atoms with Crippen LogP contribution >= 0.6 is 23.1 Å². The van der Waals surface area contributed by atoms with Gasteiger partial charge in [0, 0.05) is 24.0 Å². The summed E-state index contributed by atoms with van der Waals surface area (Å²) in [5.41, 5.74) is 2.62. The molecule has 0 radical (unpaired) electrons. The third-order valence-electron chi connectivity index (χ3n) is 4.93. The number of benzene rings is 1. The summed E-state index contributed by atoms with van der Waals surface area (Å²) in [6.45, 7) is 0. The van der Waals surface area contributed by atoms with E-state index in [2.05, 4.69) is 31.3 Å². The summed E-state index contributed by atoms with van der Waals surface area (Å²) < 4.78 is 1.67. The topological polar surface area (TPSA) is 103 Å². The summed E-state index contributed by atoms with van der Waals surface area (Å²) in [6.07, 6.45) is 6.32. The van der Waals surface area contributed by atoms with E-state index in [9.17, 15) is 9.59 Å². The average molecular weight is 437 g/mol. The highest BCUT2D eigenvalue weighted by Gasteiger charge is 2.28. The molecule has 0 saturated heterocycles. The Morgan fingerprint density at radius 1 is 1.20 bits per heavy atom. The van der Waals surface area contributed by atoms with Crippen molar-refractivity contribution in [3.8, 4) is 0 Å². The van der Waals surface area contributed by atoms with Gasteiger partial charge in [0.1, 0.15) is 0 Å². The van der Waals surface area contributed by atoms with E-state index in [0.717, 1.165) is 18.4 Å². The van der Waals surface area contributed by atoms with E-state index in [1.165, 1.54) is 41.1 Å². The van der Waals surface area contributed by atoms with Crippen LogP contribution in [-0.4, -0.2) is 36.2 Å². The number of carbonyl (C=O) groups is 1. The molecule has 0 fully saturated rings. The van der Waals surface area contributed by atoms with Gasteiger partial charge in [-0.15, -0.1) is 11.3 Å². The van der Waals surface area contributed by atoms with Crippen molar-refractivity contribution in [3.63, 3.8) is 0 Å². The van der Waals surface area contributed by atoms with Crippen LogP contribution in [0.3, 0.4) is 0 Å². The zero-order chi connectivity index (χ0) is 20.5. The first-order chi connectivity index (χ1) is 14.7. The molecule has 3 heterocycles. The fourth-order valence-electron chi connectivity index (χ4n) is 3.66. The maximum atomic E-state index is 13.3. The van der Waals surface area contributed by atoms with Crippen molar-refractivity contribution >= 4 is 45.3 Å². The predicted octanol–water partition coefficient (Wildman–Crippen LogP) is 2.91. The molecular weight excluding hydrogens is 420 g/mol. The average Bonchev–Trinajstić information content (AvgIpc) is 3.42. The highest BCUT2D eigenvalue weighted by Crippen LogP contribution is 2.35. The first kappa shape index (κ1) is 18.9. The van der Waals surface area contributed by atoms with E-state index in [1.54, 1.807) is 16.1 Å². The Morgan fingerprint density at radius 2 is 2.07 bits per heavy atom. The number of thiazole rings is 1. The van der Waals surface area contributed by atoms with Gasteiger partial charge in [0.2, 0.25) is 5.91 Å². The Kier molecular flexibility index (Phi) is 5.01. The lowest BCUT2D eigenvalue weighted by Crippen LogP contribution is -2.28. The maximum absolute atomic E-state index is 13.3. The molecule has 1 aliphatic rings. The number of aryl methyl sites for hydroxylation is 1. The number of hydrogen-bond acceptors (Lipinski definition) is 8. The fraction of sp³-hybridized carbons (Fsp3) is 0.200. The van der Waals surface area contributed by atoms with Gasteiger partial charge in [-0.05, 0) is 24.0 Å². The molecule has 1 aliphatic carbocycles. The lowest BCUT2D eigenvalue weighted by Gasteiger charge is -2.19. The standard InChI is InChI=1S/C20H16N6O2S2/c27-15(24-19-23-9-10-29-19)11-30-20-25-17-16(21-7-8-22-17)18(28)26(20)14-6-5-12-3-1-2-4-13(12)14/h1-4,7-10,14H,5-6,11H2,(H,23,24,27). The van der Waals surface area contributed by atoms with E-state index >= 15 is 0 Å². The molecule has 30 heavy (non-hydrogen) atoms. The molecule has 10 heteroatoms. The molecule has 0 bridgehead atoms. The minimum absolute atomic E-state index is 0.103. The highest BCUT2D eigenvalue weighted by molar-refractivity contribution is 7.99. The minimum atomic E-state index is -0.238. The van der Waals surface area contributed by atoms with Crippen LogP contribution in [0.4, 0.5) is 5.13 Å². The monoisotopic (exact) mass is 436 g/mol. The Balaban J connectivity index is 1.53. The third-order valence-corrected chi connectivity index (χ3v) is 6.57. The molecular formula is C20H16N6O2S2. The molecule has 5 rings (SSSR count). The first-order valence-electron chi connectivity index (χ1n) is 9.34. The molecule has 0 aliphatic heterocycles. The summed E-state index contributed by atoms with van der Waals surface area (Å²) in [7, 11) is 0. The summed E-state index contributed by atoms with van der Waals surface area (Å²) in [5.74, 6) is -0.103. The van der Waals surface area contributed by atoms with Gasteiger partial charge in [0.15, 0.2) is 21.5 Å². The summed E-state index contributed by atoms with van der Waals surface area (Å²) in [5, 5.41) is 5.55. The lowest BCUT2D eigenvalue weighted by atomic mass is 10.1. The van der Waals surface area contributed by atoms with Crippen molar-refractivity contribution < 1.29 is 4.79 Å². The van der Waals surface area contributed by atoms with Gasteiger partial charge < -0.3 is 5.32 Å². The zero-order valence-corrected chi connectivity index (χ0v) is 17.3. The van der Waals surface area contributed by atoms with Gasteiger partial charge in [-0.1, -0.05) is 36.0 Å². The molecule has 1 atom stereocenters. The number of nitrogens with one attached hydrogen (secondary N) is 1. The second-order valence-corrected chi connectivity index (χ2v) is 8.56. The number of thioether (sulfide) groups is 1. The van der Waals surface area contributed by atoms with E-state index in [0.29, 0.717) is 10.3 Å². The number of aromatic nitrogens is 5. The molecule has 8 nitrogen and oxygen atoms in total. The number of hydrogen-bond donors (Lipinski definition) is 1. The number of amides is 1. The minimum Gasteiger partial charge on any atom is -0.301 e. The van der Waals surface area contributed by atoms with Gasteiger partial charge in [-0.25, -0.2) is 19.9 Å². The number of carbonyl (C=O) groups excluding carboxylic acids is 1. The van der Waals surface area contributed by atoms with E-state index < -0.39 is 0 Å². The van der Waals surface area contributed by atoms with Crippen LogP contribution in [0.5, 0.6) is 0 Å². The fourth-order valence-corrected chi connectivity index (χ4v) is 5.04. The summed E-state index contributed by atoms with van der Waals surface area (Å²) in [4.78, 5) is 42.7. The van der Waals surface area contributed by atoms with Crippen LogP contribution < -0.4 is 10.9 Å². The van der Waals surface area contributed by atoms with Crippen LogP contribution in [0.2, 0.25) is 0 Å². The van der Waals surface area contributed by atoms with Crippen LogP contribution in [0.1, 0.15) is 23.6 Å². The SMILES string of the molecule is O=C(CSc1nc2nccnc2c(=O)n1C1CCc2ccccc21)Nc1nccs1. The van der Waals surface area contributed by atoms with Gasteiger partial charge in [-0.2, -0.15) is 0 Å². The molecule has 3 aromatic heterocycles.